The van der Waals surface area contributed by atoms with Crippen LogP contribution < -0.4 is 0 Å². The zero-order chi connectivity index (χ0) is 14.8. The van der Waals surface area contributed by atoms with Gasteiger partial charge in [-0.3, -0.25) is 4.79 Å². The molecule has 0 unspecified atom stereocenters. The average Bonchev–Trinajstić information content (AvgIpc) is 2.95. The molecule has 1 aliphatic heterocycles. The maximum Gasteiger partial charge on any atom is 0.247 e. The second kappa shape index (κ2) is 5.56. The Hall–Kier alpha value is -2.36. The Morgan fingerprint density at radius 2 is 2.14 bits per heavy atom. The van der Waals surface area contributed by atoms with E-state index in [1.807, 2.05) is 30.2 Å². The maximum absolute atomic E-state index is 13.1. The summed E-state index contributed by atoms with van der Waals surface area (Å²) in [5.41, 5.74) is 1.84. The van der Waals surface area contributed by atoms with E-state index in [2.05, 4.69) is 4.57 Å². The number of carbonyl (C=O) groups is 1. The largest absolute Gasteiger partial charge is 0.348 e. The number of halogens is 1. The SMILES string of the molecule is C[C@@H]1c2cccn2CCN1C(=O)/C=C\c1cccc(F)c1. The lowest BCUT2D eigenvalue weighted by Crippen LogP contribution is -2.39. The molecule has 2 heterocycles. The Labute approximate surface area is 123 Å². The Morgan fingerprint density at radius 3 is 2.95 bits per heavy atom. The third-order valence-corrected chi connectivity index (χ3v) is 3.89. The fourth-order valence-corrected chi connectivity index (χ4v) is 2.75. The van der Waals surface area contributed by atoms with Gasteiger partial charge in [0.1, 0.15) is 5.82 Å². The summed E-state index contributed by atoms with van der Waals surface area (Å²) in [5, 5.41) is 0. The van der Waals surface area contributed by atoms with Gasteiger partial charge in [0.05, 0.1) is 6.04 Å². The lowest BCUT2D eigenvalue weighted by molar-refractivity contribution is -0.129. The van der Waals surface area contributed by atoms with E-state index in [0.29, 0.717) is 12.1 Å². The number of carbonyl (C=O) groups excluding carboxylic acids is 1. The number of rotatable bonds is 2. The van der Waals surface area contributed by atoms with Gasteiger partial charge in [0, 0.05) is 31.1 Å². The molecule has 0 saturated heterocycles. The molecule has 108 valence electrons. The molecule has 3 rings (SSSR count). The summed E-state index contributed by atoms with van der Waals surface area (Å²) in [5.74, 6) is -0.340. The van der Waals surface area contributed by atoms with Gasteiger partial charge in [-0.15, -0.1) is 0 Å². The molecule has 1 amide bonds. The predicted molar refractivity (Wildman–Crippen MR) is 80.0 cm³/mol. The molecule has 0 radical (unpaired) electrons. The Morgan fingerprint density at radius 1 is 1.29 bits per heavy atom. The van der Waals surface area contributed by atoms with Crippen molar-refractivity contribution in [2.24, 2.45) is 0 Å². The second-order valence-corrected chi connectivity index (χ2v) is 5.22. The number of benzene rings is 1. The summed E-state index contributed by atoms with van der Waals surface area (Å²) in [4.78, 5) is 14.2. The standard InChI is InChI=1S/C17H17FN2O/c1-13-16-6-3-9-19(16)10-11-20(13)17(21)8-7-14-4-2-5-15(18)12-14/h2-9,12-13H,10-11H2,1H3/b8-7-/t13-/m1/s1. The van der Waals surface area contributed by atoms with Crippen LogP contribution in [0.4, 0.5) is 4.39 Å². The number of amides is 1. The summed E-state index contributed by atoms with van der Waals surface area (Å²) in [6, 6.07) is 10.3. The molecule has 0 bridgehead atoms. The molecule has 0 aliphatic carbocycles. The average molecular weight is 284 g/mol. The molecule has 0 N–H and O–H groups in total. The van der Waals surface area contributed by atoms with Gasteiger partial charge in [-0.1, -0.05) is 12.1 Å². The van der Waals surface area contributed by atoms with Crippen molar-refractivity contribution < 1.29 is 9.18 Å². The lowest BCUT2D eigenvalue weighted by atomic mass is 10.1. The van der Waals surface area contributed by atoms with Gasteiger partial charge >= 0.3 is 0 Å². The number of aromatic nitrogens is 1. The molecule has 1 aromatic heterocycles. The summed E-state index contributed by atoms with van der Waals surface area (Å²) in [6.45, 7) is 3.53. The first-order valence-corrected chi connectivity index (χ1v) is 7.04. The van der Waals surface area contributed by atoms with E-state index in [-0.39, 0.29) is 17.8 Å². The Kier molecular flexibility index (Phi) is 3.60. The molecule has 1 atom stereocenters. The van der Waals surface area contributed by atoms with Crippen LogP contribution in [0.25, 0.3) is 6.08 Å². The minimum absolute atomic E-state index is 0.0424. The van der Waals surface area contributed by atoms with Gasteiger partial charge in [0.25, 0.3) is 0 Å². The van der Waals surface area contributed by atoms with E-state index in [0.717, 1.165) is 12.2 Å². The summed E-state index contributed by atoms with van der Waals surface area (Å²) in [6.07, 6.45) is 5.21. The van der Waals surface area contributed by atoms with Crippen LogP contribution in [-0.2, 0) is 11.3 Å². The Bertz CT molecular complexity index is 690. The van der Waals surface area contributed by atoms with E-state index in [1.165, 1.54) is 18.2 Å². The normalized spacial score (nSPS) is 18.0. The maximum atomic E-state index is 13.1. The zero-order valence-corrected chi connectivity index (χ0v) is 11.9. The van der Waals surface area contributed by atoms with E-state index >= 15 is 0 Å². The van der Waals surface area contributed by atoms with Gasteiger partial charge in [-0.05, 0) is 42.8 Å². The van der Waals surface area contributed by atoms with Crippen LogP contribution >= 0.6 is 0 Å². The molecular weight excluding hydrogens is 267 g/mol. The molecule has 0 spiro atoms. The molecule has 1 aliphatic rings. The fourth-order valence-electron chi connectivity index (χ4n) is 2.75. The number of hydrogen-bond acceptors (Lipinski definition) is 1. The summed E-state index contributed by atoms with van der Waals surface area (Å²) in [7, 11) is 0. The van der Waals surface area contributed by atoms with Crippen LogP contribution in [-0.4, -0.2) is 21.9 Å². The van der Waals surface area contributed by atoms with Crippen molar-refractivity contribution in [1.29, 1.82) is 0 Å². The van der Waals surface area contributed by atoms with Crippen LogP contribution in [0.1, 0.15) is 24.2 Å². The molecule has 0 fully saturated rings. The van der Waals surface area contributed by atoms with Gasteiger partial charge in [0.15, 0.2) is 0 Å². The van der Waals surface area contributed by atoms with Gasteiger partial charge in [0.2, 0.25) is 5.91 Å². The second-order valence-electron chi connectivity index (χ2n) is 5.22. The van der Waals surface area contributed by atoms with Crippen molar-refractivity contribution in [2.45, 2.75) is 19.5 Å². The third kappa shape index (κ3) is 2.75. The highest BCUT2D eigenvalue weighted by atomic mass is 19.1. The van der Waals surface area contributed by atoms with Crippen molar-refractivity contribution in [3.8, 4) is 0 Å². The lowest BCUT2D eigenvalue weighted by Gasteiger charge is -2.34. The molecule has 0 saturated carbocycles. The first-order chi connectivity index (χ1) is 10.1. The van der Waals surface area contributed by atoms with E-state index in [9.17, 15) is 9.18 Å². The third-order valence-electron chi connectivity index (χ3n) is 3.89. The smallest absolute Gasteiger partial charge is 0.247 e. The Balaban J connectivity index is 1.74. The predicted octanol–water partition coefficient (Wildman–Crippen LogP) is 3.24. The monoisotopic (exact) mass is 284 g/mol. The minimum Gasteiger partial charge on any atom is -0.348 e. The highest BCUT2D eigenvalue weighted by molar-refractivity contribution is 5.92. The molecule has 21 heavy (non-hydrogen) atoms. The van der Waals surface area contributed by atoms with Crippen LogP contribution in [0, 0.1) is 5.82 Å². The minimum atomic E-state index is -0.297. The molecule has 4 heteroatoms. The van der Waals surface area contributed by atoms with Crippen LogP contribution in [0.15, 0.2) is 48.7 Å². The van der Waals surface area contributed by atoms with E-state index in [4.69, 9.17) is 0 Å². The van der Waals surface area contributed by atoms with Crippen molar-refractivity contribution >= 4 is 12.0 Å². The first kappa shape index (κ1) is 13.6. The summed E-state index contributed by atoms with van der Waals surface area (Å²) < 4.78 is 15.3. The van der Waals surface area contributed by atoms with Crippen molar-refractivity contribution in [3.63, 3.8) is 0 Å². The highest BCUT2D eigenvalue weighted by Crippen LogP contribution is 2.25. The topological polar surface area (TPSA) is 25.2 Å². The van der Waals surface area contributed by atoms with Crippen molar-refractivity contribution in [2.75, 3.05) is 6.54 Å². The highest BCUT2D eigenvalue weighted by Gasteiger charge is 2.25. The number of hydrogen-bond donors (Lipinski definition) is 0. The fraction of sp³-hybridized carbons (Fsp3) is 0.235. The van der Waals surface area contributed by atoms with Crippen LogP contribution in [0.5, 0.6) is 0 Å². The molecule has 1 aromatic carbocycles. The quantitative estimate of drug-likeness (QED) is 0.777. The summed E-state index contributed by atoms with van der Waals surface area (Å²) >= 11 is 0. The van der Waals surface area contributed by atoms with E-state index < -0.39 is 0 Å². The first-order valence-electron chi connectivity index (χ1n) is 7.04. The van der Waals surface area contributed by atoms with Crippen LogP contribution in [0.2, 0.25) is 0 Å². The van der Waals surface area contributed by atoms with Crippen molar-refractivity contribution in [1.82, 2.24) is 9.47 Å². The molecule has 3 nitrogen and oxygen atoms in total. The van der Waals surface area contributed by atoms with Gasteiger partial charge in [-0.2, -0.15) is 0 Å². The molecular formula is C17H17FN2O. The van der Waals surface area contributed by atoms with E-state index in [1.54, 1.807) is 18.2 Å². The number of nitrogens with zero attached hydrogens (tertiary/aromatic N) is 2. The zero-order valence-electron chi connectivity index (χ0n) is 11.9. The van der Waals surface area contributed by atoms with Crippen LogP contribution in [0.3, 0.4) is 0 Å². The molecule has 2 aromatic rings. The number of fused-ring (bicyclic) bond motifs is 1. The van der Waals surface area contributed by atoms with Gasteiger partial charge in [-0.25, -0.2) is 4.39 Å². The van der Waals surface area contributed by atoms with Gasteiger partial charge < -0.3 is 9.47 Å². The van der Waals surface area contributed by atoms with Crippen molar-refractivity contribution in [3.05, 3.63) is 65.7 Å².